The molecule has 0 fully saturated rings. The third kappa shape index (κ3) is 4.00. The van der Waals surface area contributed by atoms with Crippen LogP contribution in [0.25, 0.3) is 27.7 Å². The highest BCUT2D eigenvalue weighted by atomic mass is 35.5. The lowest BCUT2D eigenvalue weighted by Gasteiger charge is -2.36. The molecule has 194 valence electrons. The van der Waals surface area contributed by atoms with E-state index in [0.29, 0.717) is 33.0 Å². The summed E-state index contributed by atoms with van der Waals surface area (Å²) in [5.41, 5.74) is 2.85. The van der Waals surface area contributed by atoms with E-state index in [0.717, 1.165) is 28.6 Å². The lowest BCUT2D eigenvalue weighted by Crippen LogP contribution is -2.48. The van der Waals surface area contributed by atoms with E-state index in [1.54, 1.807) is 40.8 Å². The Labute approximate surface area is 225 Å². The molecule has 3 aromatic carbocycles. The van der Waals surface area contributed by atoms with Gasteiger partial charge in [0.1, 0.15) is 5.54 Å². The molecule has 0 spiro atoms. The molecule has 0 aliphatic heterocycles. The standard InChI is InChI=1S/C28H20ClF2N7O/c1-16(39)33-28(26-14-32-15-37(26)2,19-6-8-23(30)24(31)12-19)18-7-9-25-22(11-18)21(13-27-34-35-36-38(25)27)17-4-3-5-20(29)10-17/h3-15H,1-2H3,(H,33,39). The van der Waals surface area contributed by atoms with Gasteiger partial charge < -0.3 is 9.88 Å². The van der Waals surface area contributed by atoms with Crippen molar-refractivity contribution in [1.29, 1.82) is 0 Å². The molecule has 39 heavy (non-hydrogen) atoms. The van der Waals surface area contributed by atoms with E-state index in [2.05, 4.69) is 25.8 Å². The second-order valence-electron chi connectivity index (χ2n) is 9.20. The van der Waals surface area contributed by atoms with Crippen LogP contribution in [0.4, 0.5) is 8.78 Å². The first-order chi connectivity index (χ1) is 18.8. The van der Waals surface area contributed by atoms with E-state index in [4.69, 9.17) is 11.6 Å². The molecular weight excluding hydrogens is 524 g/mol. The number of tetrazole rings is 1. The monoisotopic (exact) mass is 543 g/mol. The molecular formula is C28H20ClF2N7O. The fourth-order valence-electron chi connectivity index (χ4n) is 5.11. The van der Waals surface area contributed by atoms with Gasteiger partial charge in [-0.15, -0.1) is 5.10 Å². The van der Waals surface area contributed by atoms with E-state index in [1.807, 2.05) is 36.4 Å². The van der Waals surface area contributed by atoms with Gasteiger partial charge in [0, 0.05) is 24.4 Å². The smallest absolute Gasteiger partial charge is 0.218 e. The van der Waals surface area contributed by atoms with E-state index < -0.39 is 17.2 Å². The lowest BCUT2D eigenvalue weighted by atomic mass is 9.79. The summed E-state index contributed by atoms with van der Waals surface area (Å²) < 4.78 is 32.1. The molecule has 11 heteroatoms. The number of aromatic nitrogens is 6. The predicted octanol–water partition coefficient (Wildman–Crippen LogP) is 5.04. The number of halogens is 3. The molecule has 1 atom stereocenters. The van der Waals surface area contributed by atoms with Gasteiger partial charge in [-0.2, -0.15) is 4.52 Å². The highest BCUT2D eigenvalue weighted by Crippen LogP contribution is 2.40. The van der Waals surface area contributed by atoms with Gasteiger partial charge in [0.05, 0.1) is 23.7 Å². The SMILES string of the molecule is CC(=O)NC(c1ccc(F)c(F)c1)(c1ccc2c(c1)c(-c1cccc(Cl)c1)cc1nnnn12)c1cncn1C. The number of pyridine rings is 1. The summed E-state index contributed by atoms with van der Waals surface area (Å²) in [7, 11) is 1.77. The Morgan fingerprint density at radius 1 is 1.00 bits per heavy atom. The van der Waals surface area contributed by atoms with Gasteiger partial charge in [-0.1, -0.05) is 35.9 Å². The van der Waals surface area contributed by atoms with Gasteiger partial charge >= 0.3 is 0 Å². The van der Waals surface area contributed by atoms with Crippen LogP contribution in [0.2, 0.25) is 5.02 Å². The van der Waals surface area contributed by atoms with Crippen LogP contribution >= 0.6 is 11.6 Å². The van der Waals surface area contributed by atoms with Crippen LogP contribution in [0, 0.1) is 11.6 Å². The Bertz CT molecular complexity index is 1900. The third-order valence-corrected chi connectivity index (χ3v) is 7.00. The molecule has 6 rings (SSSR count). The number of amides is 1. The molecule has 0 aliphatic carbocycles. The Hall–Kier alpha value is -4.70. The molecule has 0 bridgehead atoms. The molecule has 3 aromatic heterocycles. The van der Waals surface area contributed by atoms with Crippen LogP contribution in [0.1, 0.15) is 23.7 Å². The van der Waals surface area contributed by atoms with Crippen LogP contribution < -0.4 is 5.32 Å². The first-order valence-electron chi connectivity index (χ1n) is 11.9. The van der Waals surface area contributed by atoms with E-state index in [1.165, 1.54) is 13.0 Å². The number of hydrogen-bond donors (Lipinski definition) is 1. The number of nitrogens with zero attached hydrogens (tertiary/aromatic N) is 6. The quantitative estimate of drug-likeness (QED) is 0.329. The highest BCUT2D eigenvalue weighted by Gasteiger charge is 2.40. The van der Waals surface area contributed by atoms with Crippen molar-refractivity contribution < 1.29 is 13.6 Å². The molecule has 0 saturated heterocycles. The number of carbonyl (C=O) groups is 1. The van der Waals surface area contributed by atoms with Crippen LogP contribution in [-0.2, 0) is 17.4 Å². The average molecular weight is 544 g/mol. The number of nitrogens with one attached hydrogen (secondary N) is 1. The molecule has 0 radical (unpaired) electrons. The Morgan fingerprint density at radius 3 is 2.51 bits per heavy atom. The number of imidazole rings is 1. The molecule has 3 heterocycles. The van der Waals surface area contributed by atoms with Crippen LogP contribution in [0.3, 0.4) is 0 Å². The molecule has 1 N–H and O–H groups in total. The van der Waals surface area contributed by atoms with Crippen molar-refractivity contribution in [3.8, 4) is 11.1 Å². The second kappa shape index (κ2) is 9.25. The van der Waals surface area contributed by atoms with Gasteiger partial charge in [0.2, 0.25) is 5.91 Å². The van der Waals surface area contributed by atoms with E-state index >= 15 is 0 Å². The largest absolute Gasteiger partial charge is 0.337 e. The zero-order chi connectivity index (χ0) is 27.3. The van der Waals surface area contributed by atoms with E-state index in [-0.39, 0.29) is 5.91 Å². The Morgan fingerprint density at radius 2 is 1.79 bits per heavy atom. The maximum absolute atomic E-state index is 14.7. The van der Waals surface area contributed by atoms with E-state index in [9.17, 15) is 13.6 Å². The number of fused-ring (bicyclic) bond motifs is 3. The zero-order valence-electron chi connectivity index (χ0n) is 20.7. The van der Waals surface area contributed by atoms with Crippen molar-refractivity contribution in [2.45, 2.75) is 12.5 Å². The average Bonchev–Trinajstić information content (AvgIpc) is 3.57. The maximum atomic E-state index is 14.7. The zero-order valence-corrected chi connectivity index (χ0v) is 21.5. The summed E-state index contributed by atoms with van der Waals surface area (Å²) in [6, 6.07) is 18.3. The van der Waals surface area contributed by atoms with Crippen LogP contribution in [0.15, 0.2) is 79.3 Å². The summed E-state index contributed by atoms with van der Waals surface area (Å²) in [6.07, 6.45) is 3.17. The minimum atomic E-state index is -1.43. The molecule has 0 aliphatic rings. The van der Waals surface area contributed by atoms with Crippen molar-refractivity contribution in [2.24, 2.45) is 7.05 Å². The van der Waals surface area contributed by atoms with Crippen molar-refractivity contribution in [3.63, 3.8) is 0 Å². The number of benzene rings is 3. The third-order valence-electron chi connectivity index (χ3n) is 6.77. The van der Waals surface area contributed by atoms with Crippen LogP contribution in [-0.4, -0.2) is 35.5 Å². The molecule has 0 saturated carbocycles. The van der Waals surface area contributed by atoms with Gasteiger partial charge in [-0.05, 0) is 75.1 Å². The molecule has 8 nitrogen and oxygen atoms in total. The van der Waals surface area contributed by atoms with Gasteiger partial charge in [-0.3, -0.25) is 4.79 Å². The molecule has 1 unspecified atom stereocenters. The van der Waals surface area contributed by atoms with Crippen LogP contribution in [0.5, 0.6) is 0 Å². The first kappa shape index (κ1) is 24.6. The number of carbonyl (C=O) groups excluding carboxylic acids is 1. The second-order valence-corrected chi connectivity index (χ2v) is 9.64. The first-order valence-corrected chi connectivity index (χ1v) is 12.3. The summed E-state index contributed by atoms with van der Waals surface area (Å²) in [5, 5.41) is 16.4. The molecule has 6 aromatic rings. The number of rotatable bonds is 5. The summed E-state index contributed by atoms with van der Waals surface area (Å²) >= 11 is 6.33. The van der Waals surface area contributed by atoms with Gasteiger partial charge in [0.25, 0.3) is 0 Å². The van der Waals surface area contributed by atoms with Crippen molar-refractivity contribution >= 4 is 34.1 Å². The van der Waals surface area contributed by atoms with Crippen molar-refractivity contribution in [3.05, 3.63) is 113 Å². The minimum Gasteiger partial charge on any atom is -0.337 e. The molecule has 1 amide bonds. The maximum Gasteiger partial charge on any atom is 0.218 e. The fraction of sp³-hybridized carbons (Fsp3) is 0.107. The lowest BCUT2D eigenvalue weighted by molar-refractivity contribution is -0.120. The fourth-order valence-corrected chi connectivity index (χ4v) is 5.30. The summed E-state index contributed by atoms with van der Waals surface area (Å²) in [4.78, 5) is 17.0. The minimum absolute atomic E-state index is 0.312. The Balaban J connectivity index is 1.73. The topological polar surface area (TPSA) is 90.0 Å². The number of aryl methyl sites for hydroxylation is 1. The van der Waals surface area contributed by atoms with Crippen molar-refractivity contribution in [2.75, 3.05) is 0 Å². The highest BCUT2D eigenvalue weighted by molar-refractivity contribution is 6.30. The summed E-state index contributed by atoms with van der Waals surface area (Å²) in [5.74, 6) is -2.42. The predicted molar refractivity (Wildman–Crippen MR) is 142 cm³/mol. The number of hydrogen-bond acceptors (Lipinski definition) is 5. The normalized spacial score (nSPS) is 13.1. The van der Waals surface area contributed by atoms with Gasteiger partial charge in [-0.25, -0.2) is 13.8 Å². The summed E-state index contributed by atoms with van der Waals surface area (Å²) in [6.45, 7) is 1.37. The van der Waals surface area contributed by atoms with Gasteiger partial charge in [0.15, 0.2) is 17.3 Å². The van der Waals surface area contributed by atoms with Crippen molar-refractivity contribution in [1.82, 2.24) is 34.9 Å². The Kier molecular flexibility index (Phi) is 5.84.